The zero-order valence-corrected chi connectivity index (χ0v) is 12.4. The van der Waals surface area contributed by atoms with Crippen LogP contribution in [0.1, 0.15) is 33.3 Å². The molecule has 0 fully saturated rings. The lowest BCUT2D eigenvalue weighted by atomic mass is 9.86. The van der Waals surface area contributed by atoms with Crippen LogP contribution in [0.5, 0.6) is 0 Å². The summed E-state index contributed by atoms with van der Waals surface area (Å²) < 4.78 is 27.3. The molecule has 0 aliphatic heterocycles. The van der Waals surface area contributed by atoms with Crippen molar-refractivity contribution >= 4 is 5.91 Å². The summed E-state index contributed by atoms with van der Waals surface area (Å²) in [5.74, 6) is -1.61. The predicted molar refractivity (Wildman–Crippen MR) is 74.9 cm³/mol. The third kappa shape index (κ3) is 3.76. The summed E-state index contributed by atoms with van der Waals surface area (Å²) in [6, 6.07) is 2.95. The second kappa shape index (κ2) is 6.31. The summed E-state index contributed by atoms with van der Waals surface area (Å²) in [7, 11) is 0. The number of benzene rings is 1. The van der Waals surface area contributed by atoms with Gasteiger partial charge in [-0.15, -0.1) is 0 Å². The molecule has 5 heteroatoms. The van der Waals surface area contributed by atoms with Gasteiger partial charge in [0.05, 0.1) is 12.6 Å². The molecule has 1 aromatic carbocycles. The minimum absolute atomic E-state index is 0.108. The van der Waals surface area contributed by atoms with Crippen LogP contribution < -0.4 is 5.73 Å². The lowest BCUT2D eigenvalue weighted by molar-refractivity contribution is -0.135. The van der Waals surface area contributed by atoms with Gasteiger partial charge in [-0.05, 0) is 24.5 Å². The summed E-state index contributed by atoms with van der Waals surface area (Å²) in [5, 5.41) is 0. The SMILES string of the molecule is CCN(Cc1c(F)cccc1F)C(=O)[C@@H](N)C(C)(C)C. The molecule has 0 saturated carbocycles. The van der Waals surface area contributed by atoms with E-state index in [9.17, 15) is 13.6 Å². The molecule has 20 heavy (non-hydrogen) atoms. The van der Waals surface area contributed by atoms with Gasteiger partial charge in [-0.25, -0.2) is 8.78 Å². The Bertz CT molecular complexity index is 463. The number of halogens is 2. The minimum atomic E-state index is -0.711. The smallest absolute Gasteiger partial charge is 0.240 e. The number of nitrogens with zero attached hydrogens (tertiary/aromatic N) is 1. The van der Waals surface area contributed by atoms with Gasteiger partial charge < -0.3 is 10.6 Å². The van der Waals surface area contributed by atoms with E-state index < -0.39 is 23.1 Å². The van der Waals surface area contributed by atoms with E-state index in [1.165, 1.54) is 23.1 Å². The quantitative estimate of drug-likeness (QED) is 0.924. The highest BCUT2D eigenvalue weighted by molar-refractivity contribution is 5.82. The van der Waals surface area contributed by atoms with E-state index in [-0.39, 0.29) is 18.0 Å². The Labute approximate surface area is 118 Å². The van der Waals surface area contributed by atoms with Crippen LogP contribution in [0.25, 0.3) is 0 Å². The standard InChI is InChI=1S/C15H22F2N2O/c1-5-19(14(20)13(18)15(2,3)4)9-10-11(16)7-6-8-12(10)17/h6-8,13H,5,9,18H2,1-4H3/t13-/m1/s1. The molecule has 0 saturated heterocycles. The van der Waals surface area contributed by atoms with Crippen molar-refractivity contribution in [3.8, 4) is 0 Å². The van der Waals surface area contributed by atoms with Gasteiger partial charge in [-0.1, -0.05) is 26.8 Å². The number of nitrogens with two attached hydrogens (primary N) is 1. The van der Waals surface area contributed by atoms with Crippen molar-refractivity contribution in [3.63, 3.8) is 0 Å². The first-order chi connectivity index (χ1) is 9.18. The summed E-state index contributed by atoms with van der Waals surface area (Å²) >= 11 is 0. The van der Waals surface area contributed by atoms with Crippen LogP contribution in [-0.2, 0) is 11.3 Å². The van der Waals surface area contributed by atoms with E-state index in [0.717, 1.165) is 0 Å². The molecule has 0 heterocycles. The molecule has 0 aromatic heterocycles. The van der Waals surface area contributed by atoms with E-state index in [1.54, 1.807) is 6.92 Å². The Balaban J connectivity index is 2.96. The molecule has 0 aliphatic rings. The zero-order valence-electron chi connectivity index (χ0n) is 12.4. The minimum Gasteiger partial charge on any atom is -0.337 e. The van der Waals surface area contributed by atoms with Gasteiger partial charge in [-0.3, -0.25) is 4.79 Å². The molecule has 0 aliphatic carbocycles. The predicted octanol–water partition coefficient (Wildman–Crippen LogP) is 2.69. The second-order valence-electron chi connectivity index (χ2n) is 5.90. The van der Waals surface area contributed by atoms with Gasteiger partial charge in [0.2, 0.25) is 5.91 Å². The third-order valence-corrected chi connectivity index (χ3v) is 3.30. The summed E-state index contributed by atoms with van der Waals surface area (Å²) in [6.45, 7) is 7.55. The van der Waals surface area contributed by atoms with Crippen LogP contribution in [0.2, 0.25) is 0 Å². The Morgan fingerprint density at radius 1 is 1.30 bits per heavy atom. The fourth-order valence-corrected chi connectivity index (χ4v) is 1.79. The van der Waals surface area contributed by atoms with Crippen molar-refractivity contribution in [1.82, 2.24) is 4.90 Å². The number of amides is 1. The van der Waals surface area contributed by atoms with Crippen LogP contribution in [0.3, 0.4) is 0 Å². The molecule has 0 radical (unpaired) electrons. The Morgan fingerprint density at radius 2 is 1.80 bits per heavy atom. The maximum atomic E-state index is 13.6. The Kier molecular flexibility index (Phi) is 5.22. The van der Waals surface area contributed by atoms with Crippen molar-refractivity contribution in [3.05, 3.63) is 35.4 Å². The van der Waals surface area contributed by atoms with Crippen molar-refractivity contribution in [2.75, 3.05) is 6.54 Å². The van der Waals surface area contributed by atoms with Crippen molar-refractivity contribution in [2.24, 2.45) is 11.1 Å². The van der Waals surface area contributed by atoms with Crippen LogP contribution >= 0.6 is 0 Å². The molecule has 0 spiro atoms. The topological polar surface area (TPSA) is 46.3 Å². The largest absolute Gasteiger partial charge is 0.337 e. The second-order valence-corrected chi connectivity index (χ2v) is 5.90. The van der Waals surface area contributed by atoms with Crippen LogP contribution in [0, 0.1) is 17.0 Å². The average molecular weight is 284 g/mol. The summed E-state index contributed by atoms with van der Waals surface area (Å²) in [5.41, 5.74) is 5.41. The van der Waals surface area contributed by atoms with E-state index >= 15 is 0 Å². The number of likely N-dealkylation sites (N-methyl/N-ethyl adjacent to an activating group) is 1. The number of carbonyl (C=O) groups excluding carboxylic acids is 1. The fourth-order valence-electron chi connectivity index (χ4n) is 1.79. The molecule has 1 aromatic rings. The third-order valence-electron chi connectivity index (χ3n) is 3.30. The van der Waals surface area contributed by atoms with Crippen LogP contribution in [0.15, 0.2) is 18.2 Å². The molecule has 1 rings (SSSR count). The Hall–Kier alpha value is -1.49. The maximum absolute atomic E-state index is 13.6. The van der Waals surface area contributed by atoms with Crippen molar-refractivity contribution in [2.45, 2.75) is 40.3 Å². The van der Waals surface area contributed by atoms with Gasteiger partial charge in [-0.2, -0.15) is 0 Å². The monoisotopic (exact) mass is 284 g/mol. The number of hydrogen-bond donors (Lipinski definition) is 1. The lowest BCUT2D eigenvalue weighted by Gasteiger charge is -2.31. The highest BCUT2D eigenvalue weighted by Crippen LogP contribution is 2.21. The average Bonchev–Trinajstić information content (AvgIpc) is 2.36. The first-order valence-corrected chi connectivity index (χ1v) is 6.65. The van der Waals surface area contributed by atoms with Crippen molar-refractivity contribution in [1.29, 1.82) is 0 Å². The van der Waals surface area contributed by atoms with E-state index in [2.05, 4.69) is 0 Å². The van der Waals surface area contributed by atoms with Gasteiger partial charge in [0.15, 0.2) is 0 Å². The van der Waals surface area contributed by atoms with E-state index in [0.29, 0.717) is 6.54 Å². The van der Waals surface area contributed by atoms with Crippen LogP contribution in [0.4, 0.5) is 8.78 Å². The fraction of sp³-hybridized carbons (Fsp3) is 0.533. The molecule has 2 N–H and O–H groups in total. The molecular formula is C15H22F2N2O. The summed E-state index contributed by atoms with van der Waals surface area (Å²) in [4.78, 5) is 13.7. The normalized spacial score (nSPS) is 13.2. The van der Waals surface area contributed by atoms with Gasteiger partial charge in [0, 0.05) is 12.1 Å². The van der Waals surface area contributed by atoms with Gasteiger partial charge in [0.25, 0.3) is 0 Å². The molecule has 0 bridgehead atoms. The molecule has 112 valence electrons. The van der Waals surface area contributed by atoms with Gasteiger partial charge in [0.1, 0.15) is 11.6 Å². The van der Waals surface area contributed by atoms with E-state index in [1.807, 2.05) is 20.8 Å². The number of carbonyl (C=O) groups is 1. The summed E-state index contributed by atoms with van der Waals surface area (Å²) in [6.07, 6.45) is 0. The Morgan fingerprint density at radius 3 is 2.20 bits per heavy atom. The maximum Gasteiger partial charge on any atom is 0.240 e. The lowest BCUT2D eigenvalue weighted by Crippen LogP contribution is -2.50. The van der Waals surface area contributed by atoms with E-state index in [4.69, 9.17) is 5.73 Å². The molecule has 1 atom stereocenters. The highest BCUT2D eigenvalue weighted by atomic mass is 19.1. The zero-order chi connectivity index (χ0) is 15.5. The molecular weight excluding hydrogens is 262 g/mol. The number of hydrogen-bond acceptors (Lipinski definition) is 2. The van der Waals surface area contributed by atoms with Gasteiger partial charge >= 0.3 is 0 Å². The molecule has 3 nitrogen and oxygen atoms in total. The molecule has 1 amide bonds. The van der Waals surface area contributed by atoms with Crippen LogP contribution in [-0.4, -0.2) is 23.4 Å². The first-order valence-electron chi connectivity index (χ1n) is 6.65. The number of rotatable bonds is 4. The highest BCUT2D eigenvalue weighted by Gasteiger charge is 2.31. The first kappa shape index (κ1) is 16.6. The van der Waals surface area contributed by atoms with Crippen molar-refractivity contribution < 1.29 is 13.6 Å². The molecule has 0 unspecified atom stereocenters.